The fourth-order valence-electron chi connectivity index (χ4n) is 2.07. The van der Waals surface area contributed by atoms with E-state index < -0.39 is 0 Å². The highest BCUT2D eigenvalue weighted by atomic mass is 79.9. The van der Waals surface area contributed by atoms with Crippen molar-refractivity contribution in [3.8, 4) is 11.1 Å². The van der Waals surface area contributed by atoms with Crippen molar-refractivity contribution in [3.63, 3.8) is 0 Å². The first kappa shape index (κ1) is 14.0. The number of nitrogens with two attached hydrogens (primary N) is 2. The predicted molar refractivity (Wildman–Crippen MR) is 87.7 cm³/mol. The summed E-state index contributed by atoms with van der Waals surface area (Å²) in [6.45, 7) is 0. The molecule has 2 heterocycles. The number of nitrogens with one attached hydrogen (secondary N) is 1. The molecule has 0 aliphatic rings. The van der Waals surface area contributed by atoms with Gasteiger partial charge in [0.25, 0.3) is 0 Å². The highest BCUT2D eigenvalue weighted by Gasteiger charge is 2.11. The van der Waals surface area contributed by atoms with Gasteiger partial charge in [-0.25, -0.2) is 15.8 Å². The van der Waals surface area contributed by atoms with E-state index in [1.807, 2.05) is 24.3 Å². The highest BCUT2D eigenvalue weighted by molar-refractivity contribution is 9.10. The van der Waals surface area contributed by atoms with Crippen LogP contribution in [-0.4, -0.2) is 15.0 Å². The number of halogens is 2. The smallest absolute Gasteiger partial charge is 0.222 e. The van der Waals surface area contributed by atoms with Crippen molar-refractivity contribution in [2.24, 2.45) is 5.84 Å². The van der Waals surface area contributed by atoms with Crippen molar-refractivity contribution < 1.29 is 0 Å². The molecule has 1 aromatic carbocycles. The third kappa shape index (κ3) is 2.51. The zero-order valence-electron chi connectivity index (χ0n) is 10.6. The van der Waals surface area contributed by atoms with Gasteiger partial charge in [-0.3, -0.25) is 0 Å². The Morgan fingerprint density at radius 1 is 1.19 bits per heavy atom. The predicted octanol–water partition coefficient (Wildman–Crippen LogP) is 2.98. The van der Waals surface area contributed by atoms with Crippen LogP contribution in [-0.2, 0) is 0 Å². The second-order valence-corrected chi connectivity index (χ2v) is 5.40. The zero-order chi connectivity index (χ0) is 15.0. The number of hydrazine groups is 1. The number of benzene rings is 1. The molecular formula is C13H10BrClN6. The molecule has 0 amide bonds. The molecule has 0 bridgehead atoms. The number of hydrogen-bond acceptors (Lipinski definition) is 6. The summed E-state index contributed by atoms with van der Waals surface area (Å²) in [5, 5.41) is 1.30. The van der Waals surface area contributed by atoms with E-state index in [1.54, 1.807) is 6.20 Å². The van der Waals surface area contributed by atoms with Gasteiger partial charge in [-0.1, -0.05) is 17.7 Å². The van der Waals surface area contributed by atoms with Crippen molar-refractivity contribution in [1.29, 1.82) is 0 Å². The van der Waals surface area contributed by atoms with Crippen molar-refractivity contribution in [3.05, 3.63) is 40.1 Å². The van der Waals surface area contributed by atoms with E-state index in [-0.39, 0.29) is 5.95 Å². The molecule has 8 heteroatoms. The van der Waals surface area contributed by atoms with Crippen LogP contribution >= 0.6 is 27.5 Å². The minimum absolute atomic E-state index is 0.160. The average Bonchev–Trinajstić information content (AvgIpc) is 2.49. The maximum absolute atomic E-state index is 6.28. The summed E-state index contributed by atoms with van der Waals surface area (Å²) in [5.41, 5.74) is 10.6. The fraction of sp³-hybridized carbons (Fsp3) is 0. The molecule has 0 aliphatic heterocycles. The molecule has 3 aromatic rings. The Kier molecular flexibility index (Phi) is 3.62. The molecule has 5 N–H and O–H groups in total. The second-order valence-electron chi connectivity index (χ2n) is 4.27. The van der Waals surface area contributed by atoms with E-state index in [0.717, 1.165) is 16.5 Å². The number of nitrogens with zero attached hydrogens (tertiary/aromatic N) is 3. The number of fused-ring (bicyclic) bond motifs is 1. The molecule has 21 heavy (non-hydrogen) atoms. The zero-order valence-corrected chi connectivity index (χ0v) is 13.0. The molecule has 0 radical (unpaired) electrons. The molecule has 0 spiro atoms. The monoisotopic (exact) mass is 364 g/mol. The van der Waals surface area contributed by atoms with Crippen LogP contribution in [0.1, 0.15) is 0 Å². The third-order valence-electron chi connectivity index (χ3n) is 3.01. The Morgan fingerprint density at radius 2 is 2.00 bits per heavy atom. The maximum Gasteiger partial charge on any atom is 0.222 e. The van der Waals surface area contributed by atoms with Gasteiger partial charge in [-0.15, -0.1) is 0 Å². The van der Waals surface area contributed by atoms with Crippen LogP contribution in [0.3, 0.4) is 0 Å². The van der Waals surface area contributed by atoms with Crippen molar-refractivity contribution in [2.75, 3.05) is 11.2 Å². The third-order valence-corrected chi connectivity index (χ3v) is 4.22. The van der Waals surface area contributed by atoms with E-state index in [0.29, 0.717) is 21.0 Å². The fourth-order valence-corrected chi connectivity index (χ4v) is 2.62. The van der Waals surface area contributed by atoms with Gasteiger partial charge in [0.15, 0.2) is 5.82 Å². The quantitative estimate of drug-likeness (QED) is 0.366. The van der Waals surface area contributed by atoms with E-state index in [2.05, 4.69) is 36.3 Å². The van der Waals surface area contributed by atoms with Gasteiger partial charge in [0.1, 0.15) is 4.60 Å². The summed E-state index contributed by atoms with van der Waals surface area (Å²) in [7, 11) is 0. The molecule has 0 aliphatic carbocycles. The van der Waals surface area contributed by atoms with Gasteiger partial charge >= 0.3 is 0 Å². The van der Waals surface area contributed by atoms with Gasteiger partial charge in [-0.2, -0.15) is 4.98 Å². The number of hydrogen-bond donors (Lipinski definition) is 3. The molecule has 6 nitrogen and oxygen atoms in total. The Labute approximate surface area is 133 Å². The number of aromatic nitrogens is 3. The first-order valence-electron chi connectivity index (χ1n) is 5.94. The molecule has 0 saturated carbocycles. The standard InChI is InChI=1S/C13H10BrClN6/c14-11-10(15)7(3-4-18-11)6-1-2-9-8(5-6)12(21-17)20-13(16)19-9/h1-5H,17H2,(H3,16,19,20,21). The Hall–Kier alpha value is -1.96. The molecule has 106 valence electrons. The molecule has 2 aromatic heterocycles. The number of anilines is 2. The SMILES string of the molecule is NNc1nc(N)nc2ccc(-c3ccnc(Br)c3Cl)cc12. The van der Waals surface area contributed by atoms with Crippen LogP contribution in [0.5, 0.6) is 0 Å². The molecule has 0 saturated heterocycles. The molecule has 0 atom stereocenters. The lowest BCUT2D eigenvalue weighted by Gasteiger charge is -2.09. The van der Waals surface area contributed by atoms with Gasteiger partial charge in [0.2, 0.25) is 5.95 Å². The van der Waals surface area contributed by atoms with E-state index in [1.165, 1.54) is 0 Å². The summed E-state index contributed by atoms with van der Waals surface area (Å²) in [6, 6.07) is 7.48. The number of pyridine rings is 1. The van der Waals surface area contributed by atoms with Gasteiger partial charge in [0.05, 0.1) is 10.5 Å². The van der Waals surface area contributed by atoms with Gasteiger partial charge < -0.3 is 11.2 Å². The molecule has 3 rings (SSSR count). The van der Waals surface area contributed by atoms with Crippen LogP contribution in [0, 0.1) is 0 Å². The van der Waals surface area contributed by atoms with Gasteiger partial charge in [-0.05, 0) is 39.7 Å². The normalized spacial score (nSPS) is 10.8. The summed E-state index contributed by atoms with van der Waals surface area (Å²) in [5.74, 6) is 6.11. The lowest BCUT2D eigenvalue weighted by atomic mass is 10.0. The number of nitrogen functional groups attached to an aromatic ring is 2. The molecule has 0 unspecified atom stereocenters. The van der Waals surface area contributed by atoms with Crippen molar-refractivity contribution >= 4 is 50.2 Å². The van der Waals surface area contributed by atoms with E-state index in [4.69, 9.17) is 23.2 Å². The van der Waals surface area contributed by atoms with E-state index in [9.17, 15) is 0 Å². The van der Waals surface area contributed by atoms with Crippen LogP contribution in [0.25, 0.3) is 22.0 Å². The minimum atomic E-state index is 0.160. The summed E-state index contributed by atoms with van der Waals surface area (Å²) >= 11 is 9.59. The van der Waals surface area contributed by atoms with Crippen LogP contribution in [0.2, 0.25) is 5.02 Å². The Bertz CT molecular complexity index is 838. The lowest BCUT2D eigenvalue weighted by molar-refractivity contribution is 1.19. The average molecular weight is 366 g/mol. The molecule has 0 fully saturated rings. The number of rotatable bonds is 2. The topological polar surface area (TPSA) is 103 Å². The first-order valence-corrected chi connectivity index (χ1v) is 7.11. The summed E-state index contributed by atoms with van der Waals surface area (Å²) < 4.78 is 0.590. The van der Waals surface area contributed by atoms with Crippen LogP contribution < -0.4 is 17.0 Å². The largest absolute Gasteiger partial charge is 0.368 e. The van der Waals surface area contributed by atoms with Crippen LogP contribution in [0.4, 0.5) is 11.8 Å². The lowest BCUT2D eigenvalue weighted by Crippen LogP contribution is -2.11. The first-order chi connectivity index (χ1) is 10.1. The summed E-state index contributed by atoms with van der Waals surface area (Å²) in [4.78, 5) is 12.3. The highest BCUT2D eigenvalue weighted by Crippen LogP contribution is 2.34. The van der Waals surface area contributed by atoms with Crippen LogP contribution in [0.15, 0.2) is 35.1 Å². The van der Waals surface area contributed by atoms with E-state index >= 15 is 0 Å². The minimum Gasteiger partial charge on any atom is -0.368 e. The Morgan fingerprint density at radius 3 is 2.76 bits per heavy atom. The summed E-state index contributed by atoms with van der Waals surface area (Å²) in [6.07, 6.45) is 1.68. The Balaban J connectivity index is 2.26. The van der Waals surface area contributed by atoms with Crippen molar-refractivity contribution in [2.45, 2.75) is 0 Å². The second kappa shape index (κ2) is 5.44. The van der Waals surface area contributed by atoms with Crippen molar-refractivity contribution in [1.82, 2.24) is 15.0 Å². The molecular weight excluding hydrogens is 356 g/mol. The van der Waals surface area contributed by atoms with Gasteiger partial charge in [0, 0.05) is 17.1 Å². The maximum atomic E-state index is 6.28.